The number of anilines is 2. The zero-order valence-electron chi connectivity index (χ0n) is 23.0. The maximum absolute atomic E-state index is 13.1. The molecule has 0 atom stereocenters. The van der Waals surface area contributed by atoms with Crippen LogP contribution in [0.3, 0.4) is 0 Å². The molecule has 5 rings (SSSR count). The number of urea groups is 1. The first-order valence-corrected chi connectivity index (χ1v) is 13.3. The third-order valence-electron chi connectivity index (χ3n) is 7.02. The van der Waals surface area contributed by atoms with Crippen LogP contribution in [-0.2, 0) is 16.7 Å². The minimum atomic E-state index is -0.347. The molecule has 0 spiro atoms. The molecule has 1 radical (unpaired) electrons. The van der Waals surface area contributed by atoms with E-state index in [9.17, 15) is 4.79 Å². The normalized spacial score (nSPS) is 14.3. The zero-order valence-corrected chi connectivity index (χ0v) is 23.0. The molecular formula is C32H35N4O3. The predicted octanol–water partition coefficient (Wildman–Crippen LogP) is 6.48. The largest absolute Gasteiger partial charge is 0.494 e. The second-order valence-electron chi connectivity index (χ2n) is 10.8. The monoisotopic (exact) mass is 523 g/mol. The molecule has 4 aromatic rings. The highest BCUT2D eigenvalue weighted by Crippen LogP contribution is 2.34. The van der Waals surface area contributed by atoms with Gasteiger partial charge in [-0.05, 0) is 46.2 Å². The summed E-state index contributed by atoms with van der Waals surface area (Å²) >= 11 is 0. The molecule has 7 nitrogen and oxygen atoms in total. The number of fused-ring (bicyclic) bond motifs is 1. The maximum atomic E-state index is 13.1. The Bertz CT molecular complexity index is 1460. The molecule has 0 saturated carbocycles. The van der Waals surface area contributed by atoms with E-state index < -0.39 is 0 Å². The number of carbonyl (C=O) groups is 1. The minimum Gasteiger partial charge on any atom is -0.494 e. The van der Waals surface area contributed by atoms with Crippen LogP contribution in [0.15, 0.2) is 66.9 Å². The van der Waals surface area contributed by atoms with Crippen LogP contribution in [-0.4, -0.2) is 49.3 Å². The van der Waals surface area contributed by atoms with Crippen LogP contribution in [0, 0.1) is 6.07 Å². The Morgan fingerprint density at radius 1 is 1.03 bits per heavy atom. The number of nitrogens with zero attached hydrogens (tertiary/aromatic N) is 2. The Morgan fingerprint density at radius 2 is 1.77 bits per heavy atom. The van der Waals surface area contributed by atoms with E-state index in [1.54, 1.807) is 7.11 Å². The Labute approximate surface area is 230 Å². The highest BCUT2D eigenvalue weighted by atomic mass is 16.5. The molecule has 0 aliphatic carbocycles. The van der Waals surface area contributed by atoms with Crippen LogP contribution < -0.4 is 15.4 Å². The SMILES string of the molecule is COc1[c]cc(C(C)(C)C)cc1NC(=O)Nc1ccc(-c2ccc(CN3CCOCC3)nc2)c2ccccc12. The number of ether oxygens (including phenoxy) is 2. The molecule has 2 amide bonds. The molecule has 201 valence electrons. The van der Waals surface area contributed by atoms with E-state index in [4.69, 9.17) is 14.5 Å². The van der Waals surface area contributed by atoms with Crippen molar-refractivity contribution in [3.8, 4) is 16.9 Å². The van der Waals surface area contributed by atoms with Gasteiger partial charge >= 0.3 is 6.03 Å². The summed E-state index contributed by atoms with van der Waals surface area (Å²) in [5.74, 6) is 0.489. The number of amides is 2. The van der Waals surface area contributed by atoms with Crippen LogP contribution in [0.2, 0.25) is 0 Å². The number of carbonyl (C=O) groups excluding carboxylic acids is 1. The van der Waals surface area contributed by atoms with Gasteiger partial charge in [-0.3, -0.25) is 9.88 Å². The smallest absolute Gasteiger partial charge is 0.323 e. The number of pyridine rings is 1. The lowest BCUT2D eigenvalue weighted by molar-refractivity contribution is 0.0336. The van der Waals surface area contributed by atoms with Gasteiger partial charge in [-0.1, -0.05) is 57.2 Å². The lowest BCUT2D eigenvalue weighted by atomic mass is 9.87. The average molecular weight is 524 g/mol. The highest BCUT2D eigenvalue weighted by Gasteiger charge is 2.18. The Hall–Kier alpha value is -3.94. The fourth-order valence-electron chi connectivity index (χ4n) is 4.78. The summed E-state index contributed by atoms with van der Waals surface area (Å²) < 4.78 is 10.9. The van der Waals surface area contributed by atoms with Gasteiger partial charge in [-0.15, -0.1) is 0 Å². The molecule has 2 N–H and O–H groups in total. The number of aromatic nitrogens is 1. The van der Waals surface area contributed by atoms with Crippen LogP contribution >= 0.6 is 0 Å². The van der Waals surface area contributed by atoms with Crippen molar-refractivity contribution in [1.82, 2.24) is 9.88 Å². The predicted molar refractivity (Wildman–Crippen MR) is 156 cm³/mol. The van der Waals surface area contributed by atoms with Crippen molar-refractivity contribution < 1.29 is 14.3 Å². The lowest BCUT2D eigenvalue weighted by Crippen LogP contribution is -2.35. The number of methoxy groups -OCH3 is 1. The number of hydrogen-bond acceptors (Lipinski definition) is 5. The molecule has 2 heterocycles. The molecule has 1 fully saturated rings. The molecule has 1 saturated heterocycles. The second-order valence-corrected chi connectivity index (χ2v) is 10.8. The van der Waals surface area contributed by atoms with Gasteiger partial charge in [0.05, 0.1) is 37.4 Å². The molecule has 1 aliphatic rings. The van der Waals surface area contributed by atoms with Crippen LogP contribution in [0.5, 0.6) is 5.75 Å². The summed E-state index contributed by atoms with van der Waals surface area (Å²) in [4.78, 5) is 20.2. The van der Waals surface area contributed by atoms with Crippen LogP contribution in [0.25, 0.3) is 21.9 Å². The van der Waals surface area contributed by atoms with Crippen molar-refractivity contribution >= 4 is 28.2 Å². The third kappa shape index (κ3) is 6.21. The summed E-state index contributed by atoms with van der Waals surface area (Å²) in [5.41, 5.74) is 5.41. The minimum absolute atomic E-state index is 0.0860. The van der Waals surface area contributed by atoms with E-state index in [0.717, 1.165) is 71.7 Å². The summed E-state index contributed by atoms with van der Waals surface area (Å²) in [6, 6.07) is 22.9. The number of nitrogens with one attached hydrogen (secondary N) is 2. The van der Waals surface area contributed by atoms with Crippen LogP contribution in [0.4, 0.5) is 16.2 Å². The summed E-state index contributed by atoms with van der Waals surface area (Å²) in [6.45, 7) is 10.6. The first-order chi connectivity index (χ1) is 18.8. The van der Waals surface area contributed by atoms with Crippen molar-refractivity contribution in [3.05, 3.63) is 84.2 Å². The second kappa shape index (κ2) is 11.4. The van der Waals surface area contributed by atoms with Gasteiger partial charge in [0, 0.05) is 42.8 Å². The standard InChI is InChI=1S/C32H35N4O3/c1-32(2,3)23-10-14-30(38-4)29(19-23)35-31(37)34-28-13-12-25(26-7-5-6-8-27(26)28)22-9-11-24(33-20-22)21-36-15-17-39-18-16-36/h5-13,19-20H,15-18,21H2,1-4H3,(H2,34,35,37). The Morgan fingerprint density at radius 3 is 2.46 bits per heavy atom. The van der Waals surface area contributed by atoms with Crippen LogP contribution in [0.1, 0.15) is 32.0 Å². The quantitative estimate of drug-likeness (QED) is 0.302. The van der Waals surface area contributed by atoms with E-state index in [0.29, 0.717) is 11.4 Å². The number of rotatable bonds is 6. The molecule has 1 aromatic heterocycles. The Kier molecular flexibility index (Phi) is 7.82. The first kappa shape index (κ1) is 26.7. The number of morpholine rings is 1. The molecule has 7 heteroatoms. The third-order valence-corrected chi connectivity index (χ3v) is 7.02. The van der Waals surface area contributed by atoms with Crippen molar-refractivity contribution in [2.24, 2.45) is 0 Å². The van der Waals surface area contributed by atoms with Crippen molar-refractivity contribution in [2.45, 2.75) is 32.7 Å². The Balaban J connectivity index is 1.36. The van der Waals surface area contributed by atoms with E-state index in [1.807, 2.05) is 48.7 Å². The average Bonchev–Trinajstić information content (AvgIpc) is 2.94. The topological polar surface area (TPSA) is 75.7 Å². The molecule has 1 aliphatic heterocycles. The fraction of sp³-hybridized carbons (Fsp3) is 0.312. The van der Waals surface area contributed by atoms with Gasteiger partial charge in [-0.2, -0.15) is 0 Å². The summed E-state index contributed by atoms with van der Waals surface area (Å²) in [5, 5.41) is 7.96. The number of benzene rings is 3. The van der Waals surface area contributed by atoms with Crippen molar-refractivity contribution in [2.75, 3.05) is 44.0 Å². The van der Waals surface area contributed by atoms with E-state index in [1.165, 1.54) is 0 Å². The molecular weight excluding hydrogens is 488 g/mol. The summed E-state index contributed by atoms with van der Waals surface area (Å²) in [7, 11) is 1.57. The molecule has 39 heavy (non-hydrogen) atoms. The highest BCUT2D eigenvalue weighted by molar-refractivity contribution is 6.10. The molecule has 0 unspecified atom stereocenters. The van der Waals surface area contributed by atoms with Gasteiger partial charge in [0.1, 0.15) is 5.75 Å². The maximum Gasteiger partial charge on any atom is 0.323 e. The van der Waals surface area contributed by atoms with Gasteiger partial charge in [0.2, 0.25) is 0 Å². The van der Waals surface area contributed by atoms with Gasteiger partial charge < -0.3 is 20.1 Å². The fourth-order valence-corrected chi connectivity index (χ4v) is 4.78. The van der Waals surface area contributed by atoms with Gasteiger partial charge in [0.15, 0.2) is 0 Å². The van der Waals surface area contributed by atoms with Gasteiger partial charge in [-0.25, -0.2) is 4.79 Å². The van der Waals surface area contributed by atoms with E-state index in [-0.39, 0.29) is 11.4 Å². The molecule has 3 aromatic carbocycles. The number of hydrogen-bond donors (Lipinski definition) is 2. The lowest BCUT2D eigenvalue weighted by Gasteiger charge is -2.26. The zero-order chi connectivity index (χ0) is 27.4. The van der Waals surface area contributed by atoms with Gasteiger partial charge in [0.25, 0.3) is 0 Å². The van der Waals surface area contributed by atoms with Crippen molar-refractivity contribution in [3.63, 3.8) is 0 Å². The summed E-state index contributed by atoms with van der Waals surface area (Å²) in [6.07, 6.45) is 1.93. The van der Waals surface area contributed by atoms with Crippen molar-refractivity contribution in [1.29, 1.82) is 0 Å². The van der Waals surface area contributed by atoms with E-state index in [2.05, 4.69) is 60.6 Å². The van der Waals surface area contributed by atoms with E-state index >= 15 is 0 Å². The first-order valence-electron chi connectivity index (χ1n) is 13.3. The molecule has 0 bridgehead atoms.